The smallest absolute Gasteiger partial charge is 0.334 e. The highest BCUT2D eigenvalue weighted by molar-refractivity contribution is 5.92. The highest BCUT2D eigenvalue weighted by atomic mass is 16.6. The fraction of sp³-hybridized carbons (Fsp3) is 0.600. The Kier molecular flexibility index (Phi) is 2.57. The first kappa shape index (κ1) is 13.5. The number of esters is 1. The Hall–Kier alpha value is -1.46. The summed E-state index contributed by atoms with van der Waals surface area (Å²) in [7, 11) is 0. The lowest BCUT2D eigenvalue weighted by Gasteiger charge is -2.56. The van der Waals surface area contributed by atoms with Gasteiger partial charge in [0.2, 0.25) is 0 Å². The topological polar surface area (TPSA) is 83.8 Å². The summed E-state index contributed by atoms with van der Waals surface area (Å²) in [5.41, 5.74) is -1.70. The van der Waals surface area contributed by atoms with Gasteiger partial charge in [-0.05, 0) is 18.4 Å². The Morgan fingerprint density at radius 2 is 1.95 bits per heavy atom. The minimum absolute atomic E-state index is 0.0358. The van der Waals surface area contributed by atoms with Crippen molar-refractivity contribution in [1.82, 2.24) is 0 Å². The Bertz CT molecular complexity index is 550. The zero-order chi connectivity index (χ0) is 14.9. The predicted molar refractivity (Wildman–Crippen MR) is 69.6 cm³/mol. The molecule has 0 radical (unpaired) electrons. The van der Waals surface area contributed by atoms with E-state index in [1.165, 1.54) is 0 Å². The van der Waals surface area contributed by atoms with Crippen molar-refractivity contribution in [3.8, 4) is 0 Å². The summed E-state index contributed by atoms with van der Waals surface area (Å²) in [6, 6.07) is 0. The van der Waals surface area contributed by atoms with Gasteiger partial charge in [0.05, 0.1) is 5.60 Å². The molecule has 0 aromatic heterocycles. The average molecular weight is 278 g/mol. The summed E-state index contributed by atoms with van der Waals surface area (Å²) in [4.78, 5) is 23.5. The van der Waals surface area contributed by atoms with E-state index in [4.69, 9.17) is 4.74 Å². The van der Waals surface area contributed by atoms with Crippen LogP contribution in [0.3, 0.4) is 0 Å². The van der Waals surface area contributed by atoms with Crippen LogP contribution in [0, 0.1) is 11.3 Å². The molecule has 2 saturated carbocycles. The van der Waals surface area contributed by atoms with Gasteiger partial charge in [-0.2, -0.15) is 0 Å². The number of aliphatic hydroxyl groups excluding tert-OH is 1. The number of hydrogen-bond donors (Lipinski definition) is 2. The van der Waals surface area contributed by atoms with Gasteiger partial charge in [-0.3, -0.25) is 4.79 Å². The van der Waals surface area contributed by atoms with E-state index in [9.17, 15) is 19.8 Å². The largest absolute Gasteiger partial charge is 0.458 e. The van der Waals surface area contributed by atoms with Gasteiger partial charge in [0.15, 0.2) is 5.78 Å². The fourth-order valence-electron chi connectivity index (χ4n) is 3.94. The number of ketones is 1. The van der Waals surface area contributed by atoms with Crippen molar-refractivity contribution in [3.05, 3.63) is 24.3 Å². The highest BCUT2D eigenvalue weighted by Gasteiger charge is 2.65. The van der Waals surface area contributed by atoms with Crippen LogP contribution >= 0.6 is 0 Å². The van der Waals surface area contributed by atoms with Crippen LogP contribution in [-0.4, -0.2) is 39.8 Å². The maximum absolute atomic E-state index is 11.9. The number of carbonyl (C=O) groups excluding carboxylic acids is 2. The van der Waals surface area contributed by atoms with Gasteiger partial charge in [-0.25, -0.2) is 4.79 Å². The molecule has 3 fully saturated rings. The van der Waals surface area contributed by atoms with Crippen LogP contribution in [0.5, 0.6) is 0 Å². The third-order valence-electron chi connectivity index (χ3n) is 5.38. The van der Waals surface area contributed by atoms with Gasteiger partial charge in [-0.15, -0.1) is 0 Å². The standard InChI is InChI=1S/C15H18O5/c1-7-4-10(16)12(17)14(3)6-11-9(5-15(7,14)19)8(2)13(18)20-11/h9,11-12,17,19H,1-2,4-6H2,3H3. The van der Waals surface area contributed by atoms with Gasteiger partial charge in [0.25, 0.3) is 0 Å². The molecule has 0 spiro atoms. The number of aliphatic hydroxyl groups is 2. The van der Waals surface area contributed by atoms with Crippen LogP contribution in [0.25, 0.3) is 0 Å². The number of ether oxygens (including phenoxy) is 1. The molecule has 2 N–H and O–H groups in total. The second-order valence-electron chi connectivity index (χ2n) is 6.41. The summed E-state index contributed by atoms with van der Waals surface area (Å²) >= 11 is 0. The van der Waals surface area contributed by atoms with Crippen LogP contribution in [0.4, 0.5) is 0 Å². The van der Waals surface area contributed by atoms with E-state index in [-0.39, 0.29) is 31.0 Å². The fourth-order valence-corrected chi connectivity index (χ4v) is 3.94. The molecule has 0 bridgehead atoms. The maximum atomic E-state index is 11.9. The van der Waals surface area contributed by atoms with Crippen molar-refractivity contribution in [1.29, 1.82) is 0 Å². The first-order valence-corrected chi connectivity index (χ1v) is 6.72. The Morgan fingerprint density at radius 3 is 2.60 bits per heavy atom. The first-order chi connectivity index (χ1) is 9.20. The zero-order valence-electron chi connectivity index (χ0n) is 11.4. The summed E-state index contributed by atoms with van der Waals surface area (Å²) in [5, 5.41) is 21.3. The number of carbonyl (C=O) groups is 2. The minimum atomic E-state index is -1.38. The molecule has 3 rings (SSSR count). The molecule has 1 heterocycles. The van der Waals surface area contributed by atoms with Crippen LogP contribution < -0.4 is 0 Å². The SMILES string of the molecule is C=C1C(=O)OC2CC3(C)C(O)C(=O)CC(=C)C3(O)CC12. The van der Waals surface area contributed by atoms with E-state index in [2.05, 4.69) is 13.2 Å². The Labute approximate surface area is 116 Å². The van der Waals surface area contributed by atoms with Crippen LogP contribution in [0.2, 0.25) is 0 Å². The summed E-state index contributed by atoms with van der Waals surface area (Å²) in [6.07, 6.45) is -1.31. The number of Topliss-reactive ketones (excluding diaryl/α,β-unsaturated/α-hetero) is 1. The number of rotatable bonds is 0. The third kappa shape index (κ3) is 1.39. The highest BCUT2D eigenvalue weighted by Crippen LogP contribution is 2.58. The molecule has 5 nitrogen and oxygen atoms in total. The zero-order valence-corrected chi connectivity index (χ0v) is 11.4. The molecule has 1 saturated heterocycles. The molecule has 2 aliphatic carbocycles. The molecule has 5 heteroatoms. The molecule has 3 aliphatic rings. The van der Waals surface area contributed by atoms with Gasteiger partial charge in [0, 0.05) is 23.3 Å². The number of hydrogen-bond acceptors (Lipinski definition) is 5. The molecule has 108 valence electrons. The molecule has 5 atom stereocenters. The second-order valence-corrected chi connectivity index (χ2v) is 6.41. The van der Waals surface area contributed by atoms with Gasteiger partial charge in [0.1, 0.15) is 12.2 Å². The molecular formula is C15H18O5. The van der Waals surface area contributed by atoms with E-state index in [1.807, 2.05) is 0 Å². The number of fused-ring (bicyclic) bond motifs is 2. The second kappa shape index (κ2) is 3.80. The van der Waals surface area contributed by atoms with Crippen molar-refractivity contribution in [3.63, 3.8) is 0 Å². The van der Waals surface area contributed by atoms with Gasteiger partial charge in [-0.1, -0.05) is 20.1 Å². The summed E-state index contributed by atoms with van der Waals surface area (Å²) < 4.78 is 5.25. The molecule has 20 heavy (non-hydrogen) atoms. The molecule has 5 unspecified atom stereocenters. The lowest BCUT2D eigenvalue weighted by atomic mass is 9.51. The van der Waals surface area contributed by atoms with Crippen molar-refractivity contribution in [2.45, 2.75) is 44.0 Å². The van der Waals surface area contributed by atoms with Crippen molar-refractivity contribution in [2.75, 3.05) is 0 Å². The summed E-state index contributed by atoms with van der Waals surface area (Å²) in [5.74, 6) is -1.08. The van der Waals surface area contributed by atoms with Gasteiger partial charge >= 0.3 is 5.97 Å². The quantitative estimate of drug-likeness (QED) is 0.383. The van der Waals surface area contributed by atoms with Crippen molar-refractivity contribution >= 4 is 11.8 Å². The maximum Gasteiger partial charge on any atom is 0.334 e. The van der Waals surface area contributed by atoms with Crippen LogP contribution in [0.1, 0.15) is 26.2 Å². The monoisotopic (exact) mass is 278 g/mol. The van der Waals surface area contributed by atoms with Crippen molar-refractivity contribution in [2.24, 2.45) is 11.3 Å². The Morgan fingerprint density at radius 1 is 1.30 bits per heavy atom. The normalized spacial score (nSPS) is 47.9. The molecule has 0 aromatic carbocycles. The van der Waals surface area contributed by atoms with E-state index < -0.39 is 29.2 Å². The van der Waals surface area contributed by atoms with Gasteiger partial charge < -0.3 is 14.9 Å². The predicted octanol–water partition coefficient (Wildman–Crippen LogP) is 0.505. The third-order valence-corrected chi connectivity index (χ3v) is 5.38. The lowest BCUT2D eigenvalue weighted by Crippen LogP contribution is -2.65. The Balaban J connectivity index is 2.06. The molecule has 0 aromatic rings. The average Bonchev–Trinajstić information content (AvgIpc) is 2.63. The molecular weight excluding hydrogens is 260 g/mol. The minimum Gasteiger partial charge on any atom is -0.458 e. The van der Waals surface area contributed by atoms with E-state index in [1.54, 1.807) is 6.92 Å². The van der Waals surface area contributed by atoms with E-state index in [0.717, 1.165) is 0 Å². The van der Waals surface area contributed by atoms with E-state index in [0.29, 0.717) is 11.1 Å². The molecule has 0 amide bonds. The van der Waals surface area contributed by atoms with Crippen LogP contribution in [-0.2, 0) is 14.3 Å². The molecule has 1 aliphatic heterocycles. The van der Waals surface area contributed by atoms with Crippen LogP contribution in [0.15, 0.2) is 24.3 Å². The lowest BCUT2D eigenvalue weighted by molar-refractivity contribution is -0.189. The van der Waals surface area contributed by atoms with E-state index >= 15 is 0 Å². The summed E-state index contributed by atoms with van der Waals surface area (Å²) in [6.45, 7) is 9.20. The first-order valence-electron chi connectivity index (χ1n) is 6.72. The van der Waals surface area contributed by atoms with Crippen molar-refractivity contribution < 1.29 is 24.5 Å².